The first kappa shape index (κ1) is 14.1. The Balaban J connectivity index is 1.95. The molecule has 2 aromatic rings. The fourth-order valence-corrected chi connectivity index (χ4v) is 1.91. The molecule has 0 spiro atoms. The number of aryl methyl sites for hydroxylation is 1. The van der Waals surface area contributed by atoms with E-state index in [-0.39, 0.29) is 5.97 Å². The van der Waals surface area contributed by atoms with Crippen LogP contribution in [0.3, 0.4) is 0 Å². The molecule has 0 bridgehead atoms. The van der Waals surface area contributed by atoms with Crippen molar-refractivity contribution in [1.29, 1.82) is 0 Å². The number of imidazole rings is 1. The number of carbonyl (C=O) groups is 1. The third kappa shape index (κ3) is 3.38. The molecule has 0 atom stereocenters. The van der Waals surface area contributed by atoms with E-state index in [1.54, 1.807) is 19.1 Å². The largest absolute Gasteiger partial charge is 0.462 e. The maximum absolute atomic E-state index is 11.5. The van der Waals surface area contributed by atoms with Crippen LogP contribution in [-0.4, -0.2) is 22.1 Å². The molecule has 5 heteroatoms. The minimum Gasteiger partial charge on any atom is -0.462 e. The number of anilines is 1. The number of carbonyl (C=O) groups excluding carboxylic acids is 1. The maximum Gasteiger partial charge on any atom is 0.338 e. The van der Waals surface area contributed by atoms with Gasteiger partial charge in [0.2, 0.25) is 0 Å². The lowest BCUT2D eigenvalue weighted by Crippen LogP contribution is -2.07. The third-order valence-electron chi connectivity index (χ3n) is 3.01. The molecule has 0 saturated carbocycles. The average molecular weight is 273 g/mol. The summed E-state index contributed by atoms with van der Waals surface area (Å²) in [5.74, 6) is -0.289. The van der Waals surface area contributed by atoms with E-state index in [9.17, 15) is 4.79 Å². The van der Waals surface area contributed by atoms with Gasteiger partial charge in [-0.3, -0.25) is 0 Å². The predicted molar refractivity (Wildman–Crippen MR) is 77.6 cm³/mol. The fraction of sp³-hybridized carbons (Fsp3) is 0.333. The van der Waals surface area contributed by atoms with Crippen LogP contribution in [0.25, 0.3) is 0 Å². The molecule has 20 heavy (non-hydrogen) atoms. The molecule has 2 rings (SSSR count). The van der Waals surface area contributed by atoms with Crippen LogP contribution in [-0.2, 0) is 17.8 Å². The van der Waals surface area contributed by atoms with Gasteiger partial charge >= 0.3 is 5.97 Å². The summed E-state index contributed by atoms with van der Waals surface area (Å²) in [6.07, 6.45) is 3.67. The molecule has 1 aromatic heterocycles. The van der Waals surface area contributed by atoms with Crippen molar-refractivity contribution in [2.24, 2.45) is 0 Å². The zero-order chi connectivity index (χ0) is 14.4. The lowest BCUT2D eigenvalue weighted by Gasteiger charge is -2.09. The molecule has 0 unspecified atom stereocenters. The first-order valence-electron chi connectivity index (χ1n) is 6.74. The monoisotopic (exact) mass is 273 g/mol. The summed E-state index contributed by atoms with van der Waals surface area (Å²) in [6.45, 7) is 5.87. The van der Waals surface area contributed by atoms with Crippen molar-refractivity contribution in [3.8, 4) is 0 Å². The standard InChI is InChI=1S/C15H19N3O2/c1-3-18-11-16-9-14(18)10-17-13-7-5-12(6-8-13)15(19)20-4-2/h5-9,11,17H,3-4,10H2,1-2H3. The molecule has 0 radical (unpaired) electrons. The summed E-state index contributed by atoms with van der Waals surface area (Å²) in [5.41, 5.74) is 2.65. The van der Waals surface area contributed by atoms with Crippen molar-refractivity contribution in [2.75, 3.05) is 11.9 Å². The lowest BCUT2D eigenvalue weighted by atomic mass is 10.2. The van der Waals surface area contributed by atoms with Crippen molar-refractivity contribution >= 4 is 11.7 Å². The predicted octanol–water partition coefficient (Wildman–Crippen LogP) is 2.69. The zero-order valence-corrected chi connectivity index (χ0v) is 11.8. The van der Waals surface area contributed by atoms with Gasteiger partial charge in [0, 0.05) is 18.4 Å². The Bertz CT molecular complexity index is 561. The maximum atomic E-state index is 11.5. The van der Waals surface area contributed by atoms with Gasteiger partial charge in [0.15, 0.2) is 0 Å². The van der Waals surface area contributed by atoms with Gasteiger partial charge in [-0.15, -0.1) is 0 Å². The van der Waals surface area contributed by atoms with E-state index in [1.165, 1.54) is 0 Å². The molecule has 0 aliphatic heterocycles. The summed E-state index contributed by atoms with van der Waals surface area (Å²) in [7, 11) is 0. The van der Waals surface area contributed by atoms with Gasteiger partial charge in [-0.25, -0.2) is 9.78 Å². The van der Waals surface area contributed by atoms with Gasteiger partial charge in [-0.2, -0.15) is 0 Å². The molecule has 106 valence electrons. The Labute approximate surface area is 118 Å². The zero-order valence-electron chi connectivity index (χ0n) is 11.8. The van der Waals surface area contributed by atoms with Gasteiger partial charge in [0.1, 0.15) is 0 Å². The Morgan fingerprint density at radius 1 is 1.30 bits per heavy atom. The van der Waals surface area contributed by atoms with Gasteiger partial charge in [0.05, 0.1) is 30.7 Å². The number of esters is 1. The van der Waals surface area contributed by atoms with E-state index in [1.807, 2.05) is 24.7 Å². The Hall–Kier alpha value is -2.30. The van der Waals surface area contributed by atoms with Gasteiger partial charge < -0.3 is 14.6 Å². The van der Waals surface area contributed by atoms with Crippen LogP contribution < -0.4 is 5.32 Å². The molecular formula is C15H19N3O2. The van der Waals surface area contributed by atoms with Crippen molar-refractivity contribution in [3.63, 3.8) is 0 Å². The van der Waals surface area contributed by atoms with Crippen LogP contribution in [0.15, 0.2) is 36.8 Å². The van der Waals surface area contributed by atoms with Crippen molar-refractivity contribution < 1.29 is 9.53 Å². The van der Waals surface area contributed by atoms with Gasteiger partial charge in [-0.1, -0.05) is 0 Å². The molecular weight excluding hydrogens is 254 g/mol. The average Bonchev–Trinajstić information content (AvgIpc) is 2.93. The number of hydrogen-bond donors (Lipinski definition) is 1. The second-order valence-electron chi connectivity index (χ2n) is 4.32. The number of hydrogen-bond acceptors (Lipinski definition) is 4. The van der Waals surface area contributed by atoms with Crippen molar-refractivity contribution in [1.82, 2.24) is 9.55 Å². The van der Waals surface area contributed by atoms with Gasteiger partial charge in [-0.05, 0) is 38.1 Å². The van der Waals surface area contributed by atoms with Crippen LogP contribution in [0.4, 0.5) is 5.69 Å². The van der Waals surface area contributed by atoms with Crippen LogP contribution in [0.2, 0.25) is 0 Å². The molecule has 0 amide bonds. The van der Waals surface area contributed by atoms with Crippen LogP contribution in [0, 0.1) is 0 Å². The minimum absolute atomic E-state index is 0.289. The molecule has 0 aliphatic rings. The van der Waals surface area contributed by atoms with Crippen LogP contribution >= 0.6 is 0 Å². The molecule has 1 aromatic carbocycles. The second-order valence-corrected chi connectivity index (χ2v) is 4.32. The number of ether oxygens (including phenoxy) is 1. The Kier molecular flexibility index (Phi) is 4.76. The summed E-state index contributed by atoms with van der Waals surface area (Å²) >= 11 is 0. The van der Waals surface area contributed by atoms with E-state index in [2.05, 4.69) is 21.8 Å². The van der Waals surface area contributed by atoms with Crippen molar-refractivity contribution in [3.05, 3.63) is 48.0 Å². The molecule has 0 saturated heterocycles. The number of benzene rings is 1. The number of aromatic nitrogens is 2. The Morgan fingerprint density at radius 2 is 2.05 bits per heavy atom. The second kappa shape index (κ2) is 6.75. The van der Waals surface area contributed by atoms with E-state index in [0.29, 0.717) is 18.7 Å². The van der Waals surface area contributed by atoms with Crippen molar-refractivity contribution in [2.45, 2.75) is 26.9 Å². The highest BCUT2D eigenvalue weighted by atomic mass is 16.5. The number of rotatable bonds is 6. The van der Waals surface area contributed by atoms with E-state index in [4.69, 9.17) is 4.74 Å². The fourth-order valence-electron chi connectivity index (χ4n) is 1.91. The molecule has 5 nitrogen and oxygen atoms in total. The smallest absolute Gasteiger partial charge is 0.338 e. The topological polar surface area (TPSA) is 56.1 Å². The molecule has 1 N–H and O–H groups in total. The summed E-state index contributed by atoms with van der Waals surface area (Å²) in [4.78, 5) is 15.7. The first-order valence-corrected chi connectivity index (χ1v) is 6.74. The summed E-state index contributed by atoms with van der Waals surface area (Å²) in [5, 5.41) is 3.31. The third-order valence-corrected chi connectivity index (χ3v) is 3.01. The highest BCUT2D eigenvalue weighted by molar-refractivity contribution is 5.89. The Morgan fingerprint density at radius 3 is 2.70 bits per heavy atom. The number of nitrogens with one attached hydrogen (secondary N) is 1. The lowest BCUT2D eigenvalue weighted by molar-refractivity contribution is 0.0526. The van der Waals surface area contributed by atoms with Crippen LogP contribution in [0.1, 0.15) is 29.9 Å². The number of nitrogens with zero attached hydrogens (tertiary/aromatic N) is 2. The molecule has 1 heterocycles. The van der Waals surface area contributed by atoms with Gasteiger partial charge in [0.25, 0.3) is 0 Å². The molecule has 0 fully saturated rings. The quantitative estimate of drug-likeness (QED) is 0.822. The molecule has 0 aliphatic carbocycles. The van der Waals surface area contributed by atoms with E-state index in [0.717, 1.165) is 17.9 Å². The highest BCUT2D eigenvalue weighted by Crippen LogP contribution is 2.12. The normalized spacial score (nSPS) is 10.3. The minimum atomic E-state index is -0.289. The van der Waals surface area contributed by atoms with Crippen LogP contribution in [0.5, 0.6) is 0 Å². The highest BCUT2D eigenvalue weighted by Gasteiger charge is 2.05. The summed E-state index contributed by atoms with van der Waals surface area (Å²) < 4.78 is 7.03. The summed E-state index contributed by atoms with van der Waals surface area (Å²) in [6, 6.07) is 7.27. The van der Waals surface area contributed by atoms with E-state index < -0.39 is 0 Å². The SMILES string of the molecule is CCOC(=O)c1ccc(NCc2cncn2CC)cc1. The first-order chi connectivity index (χ1) is 9.74. The van der Waals surface area contributed by atoms with E-state index >= 15 is 0 Å².